The molecule has 1 heterocycles. The molecule has 0 unspecified atom stereocenters. The molecular formula is C24H20NO+. The van der Waals surface area contributed by atoms with Crippen molar-refractivity contribution in [3.05, 3.63) is 114 Å². The minimum absolute atomic E-state index is 0.125. The molecule has 0 amide bonds. The van der Waals surface area contributed by atoms with Gasteiger partial charge >= 0.3 is 0 Å². The summed E-state index contributed by atoms with van der Waals surface area (Å²) >= 11 is 0. The molecule has 0 radical (unpaired) electrons. The SMILES string of the molecule is O=C(C[n+]1cc2ccccc2cc1Cc1ccccc1)c1ccccc1. The van der Waals surface area contributed by atoms with Crippen LogP contribution < -0.4 is 4.57 Å². The fourth-order valence-electron chi connectivity index (χ4n) is 3.25. The number of aromatic nitrogens is 1. The highest BCUT2D eigenvalue weighted by Gasteiger charge is 2.18. The maximum absolute atomic E-state index is 12.7. The molecule has 0 atom stereocenters. The number of hydrogen-bond acceptors (Lipinski definition) is 1. The van der Waals surface area contributed by atoms with Gasteiger partial charge in [0.15, 0.2) is 11.9 Å². The quantitative estimate of drug-likeness (QED) is 0.385. The van der Waals surface area contributed by atoms with Crippen molar-refractivity contribution >= 4 is 16.6 Å². The van der Waals surface area contributed by atoms with Crippen molar-refractivity contribution in [1.29, 1.82) is 0 Å². The first-order chi connectivity index (χ1) is 12.8. The number of ketones is 1. The monoisotopic (exact) mass is 338 g/mol. The molecule has 126 valence electrons. The molecular weight excluding hydrogens is 318 g/mol. The standard InChI is InChI=1S/C24H20NO/c26-24(20-11-5-2-6-12-20)18-25-17-22-14-8-7-13-21(22)16-23(25)15-19-9-3-1-4-10-19/h1-14,16-17H,15,18H2/q+1. The second-order valence-corrected chi connectivity index (χ2v) is 6.47. The number of benzene rings is 3. The predicted octanol–water partition coefficient (Wildman–Crippen LogP) is 4.60. The van der Waals surface area contributed by atoms with Gasteiger partial charge in [-0.15, -0.1) is 0 Å². The summed E-state index contributed by atoms with van der Waals surface area (Å²) in [5.74, 6) is 0.125. The van der Waals surface area contributed by atoms with E-state index in [4.69, 9.17) is 0 Å². The lowest BCUT2D eigenvalue weighted by molar-refractivity contribution is -0.688. The molecule has 0 aliphatic heterocycles. The van der Waals surface area contributed by atoms with Crippen LogP contribution in [0.4, 0.5) is 0 Å². The highest BCUT2D eigenvalue weighted by molar-refractivity contribution is 5.95. The lowest BCUT2D eigenvalue weighted by Crippen LogP contribution is -2.42. The van der Waals surface area contributed by atoms with E-state index >= 15 is 0 Å². The number of nitrogens with zero attached hydrogens (tertiary/aromatic N) is 1. The summed E-state index contributed by atoms with van der Waals surface area (Å²) in [5.41, 5.74) is 3.13. The summed E-state index contributed by atoms with van der Waals surface area (Å²) in [6.45, 7) is 0.344. The van der Waals surface area contributed by atoms with Crippen LogP contribution in [0.2, 0.25) is 0 Å². The predicted molar refractivity (Wildman–Crippen MR) is 104 cm³/mol. The Labute approximate surface area is 153 Å². The largest absolute Gasteiger partial charge is 0.287 e. The van der Waals surface area contributed by atoms with E-state index < -0.39 is 0 Å². The normalized spacial score (nSPS) is 10.8. The highest BCUT2D eigenvalue weighted by Crippen LogP contribution is 2.15. The highest BCUT2D eigenvalue weighted by atomic mass is 16.1. The molecule has 0 fully saturated rings. The van der Waals surface area contributed by atoms with Crippen molar-refractivity contribution in [2.24, 2.45) is 0 Å². The Bertz CT molecular complexity index is 1040. The number of pyridine rings is 1. The fourth-order valence-corrected chi connectivity index (χ4v) is 3.25. The van der Waals surface area contributed by atoms with Gasteiger partial charge < -0.3 is 0 Å². The second-order valence-electron chi connectivity index (χ2n) is 6.47. The molecule has 2 nitrogen and oxygen atoms in total. The van der Waals surface area contributed by atoms with E-state index in [1.807, 2.05) is 48.5 Å². The molecule has 1 aromatic heterocycles. The van der Waals surface area contributed by atoms with E-state index in [0.717, 1.165) is 23.1 Å². The Balaban J connectivity index is 1.73. The van der Waals surface area contributed by atoms with E-state index in [9.17, 15) is 4.79 Å². The molecule has 3 aromatic carbocycles. The van der Waals surface area contributed by atoms with Crippen LogP contribution in [0.25, 0.3) is 10.8 Å². The zero-order chi connectivity index (χ0) is 17.8. The van der Waals surface area contributed by atoms with Crippen LogP contribution >= 0.6 is 0 Å². The Morgan fingerprint density at radius 1 is 0.731 bits per heavy atom. The summed E-state index contributed by atoms with van der Waals surface area (Å²) in [4.78, 5) is 12.7. The number of rotatable bonds is 5. The first kappa shape index (κ1) is 16.2. The number of Topliss-reactive ketones (excluding diaryl/α,β-unsaturated/α-hetero) is 1. The molecule has 0 aliphatic rings. The van der Waals surface area contributed by atoms with Crippen LogP contribution in [-0.2, 0) is 13.0 Å². The number of carbonyl (C=O) groups excluding carboxylic acids is 1. The molecule has 0 bridgehead atoms. The molecule has 0 saturated carbocycles. The van der Waals surface area contributed by atoms with E-state index in [2.05, 4.69) is 53.2 Å². The van der Waals surface area contributed by atoms with Crippen molar-refractivity contribution in [2.45, 2.75) is 13.0 Å². The Morgan fingerprint density at radius 3 is 2.08 bits per heavy atom. The van der Waals surface area contributed by atoms with Gasteiger partial charge in [-0.3, -0.25) is 4.79 Å². The maximum atomic E-state index is 12.7. The summed E-state index contributed by atoms with van der Waals surface area (Å²) in [5, 5.41) is 2.34. The Kier molecular flexibility index (Phi) is 4.57. The third kappa shape index (κ3) is 3.55. The summed E-state index contributed by atoms with van der Waals surface area (Å²) in [6.07, 6.45) is 2.89. The molecule has 4 aromatic rings. The lowest BCUT2D eigenvalue weighted by Gasteiger charge is -2.07. The first-order valence-electron chi connectivity index (χ1n) is 8.83. The van der Waals surface area contributed by atoms with E-state index in [-0.39, 0.29) is 5.78 Å². The Hall–Kier alpha value is -3.26. The summed E-state index contributed by atoms with van der Waals surface area (Å²) < 4.78 is 2.09. The zero-order valence-electron chi connectivity index (χ0n) is 14.5. The third-order valence-electron chi connectivity index (χ3n) is 4.62. The zero-order valence-corrected chi connectivity index (χ0v) is 14.5. The topological polar surface area (TPSA) is 20.9 Å². The minimum atomic E-state index is 0.125. The molecule has 2 heteroatoms. The maximum Gasteiger partial charge on any atom is 0.227 e. The molecule has 0 spiro atoms. The fraction of sp³-hybridized carbons (Fsp3) is 0.0833. The molecule has 0 N–H and O–H groups in total. The van der Waals surface area contributed by atoms with Crippen LogP contribution in [-0.4, -0.2) is 5.78 Å². The smallest absolute Gasteiger partial charge is 0.227 e. The third-order valence-corrected chi connectivity index (χ3v) is 4.62. The van der Waals surface area contributed by atoms with Crippen molar-refractivity contribution in [2.75, 3.05) is 0 Å². The van der Waals surface area contributed by atoms with Crippen LogP contribution in [0.5, 0.6) is 0 Å². The lowest BCUT2D eigenvalue weighted by atomic mass is 10.1. The van der Waals surface area contributed by atoms with Gasteiger partial charge in [0.05, 0.1) is 6.42 Å². The van der Waals surface area contributed by atoms with Gasteiger partial charge in [0.2, 0.25) is 12.3 Å². The minimum Gasteiger partial charge on any atom is -0.287 e. The second kappa shape index (κ2) is 7.32. The van der Waals surface area contributed by atoms with E-state index in [1.165, 1.54) is 10.9 Å². The van der Waals surface area contributed by atoms with Crippen molar-refractivity contribution in [1.82, 2.24) is 0 Å². The van der Waals surface area contributed by atoms with Crippen LogP contribution in [0, 0.1) is 0 Å². The average Bonchev–Trinajstić information content (AvgIpc) is 2.70. The van der Waals surface area contributed by atoms with Crippen LogP contribution in [0.1, 0.15) is 21.6 Å². The molecule has 0 saturated heterocycles. The first-order valence-corrected chi connectivity index (χ1v) is 8.83. The van der Waals surface area contributed by atoms with Gasteiger partial charge in [-0.1, -0.05) is 78.9 Å². The number of carbonyl (C=O) groups is 1. The van der Waals surface area contributed by atoms with Crippen molar-refractivity contribution in [3.8, 4) is 0 Å². The number of fused-ring (bicyclic) bond motifs is 1. The molecule has 4 rings (SSSR count). The van der Waals surface area contributed by atoms with Crippen LogP contribution in [0.3, 0.4) is 0 Å². The van der Waals surface area contributed by atoms with E-state index in [0.29, 0.717) is 6.54 Å². The average molecular weight is 338 g/mol. The molecule has 0 aliphatic carbocycles. The van der Waals surface area contributed by atoms with Crippen LogP contribution in [0.15, 0.2) is 97.2 Å². The van der Waals surface area contributed by atoms with Gasteiger partial charge in [-0.05, 0) is 17.0 Å². The van der Waals surface area contributed by atoms with Gasteiger partial charge in [-0.2, -0.15) is 4.57 Å². The molecule has 26 heavy (non-hydrogen) atoms. The summed E-state index contributed by atoms with van der Waals surface area (Å²) in [7, 11) is 0. The van der Waals surface area contributed by atoms with E-state index in [1.54, 1.807) is 0 Å². The van der Waals surface area contributed by atoms with Gasteiger partial charge in [0, 0.05) is 17.0 Å². The van der Waals surface area contributed by atoms with Gasteiger partial charge in [-0.25, -0.2) is 0 Å². The summed E-state index contributed by atoms with van der Waals surface area (Å²) in [6, 6.07) is 30.4. The van der Waals surface area contributed by atoms with Gasteiger partial charge in [0.1, 0.15) is 0 Å². The van der Waals surface area contributed by atoms with Crippen molar-refractivity contribution < 1.29 is 9.36 Å². The number of hydrogen-bond donors (Lipinski definition) is 0. The Morgan fingerprint density at radius 2 is 1.35 bits per heavy atom. The van der Waals surface area contributed by atoms with Crippen molar-refractivity contribution in [3.63, 3.8) is 0 Å². The van der Waals surface area contributed by atoms with Gasteiger partial charge in [0.25, 0.3) is 0 Å².